The fourth-order valence-electron chi connectivity index (χ4n) is 2.90. The van der Waals surface area contributed by atoms with Gasteiger partial charge >= 0.3 is 0 Å². The van der Waals surface area contributed by atoms with Gasteiger partial charge in [-0.25, -0.2) is 9.37 Å². The Balaban J connectivity index is 1.50. The molecule has 4 rings (SSSR count). The van der Waals surface area contributed by atoms with Gasteiger partial charge in [0.2, 0.25) is 0 Å². The second kappa shape index (κ2) is 6.29. The molecule has 0 aliphatic carbocycles. The lowest BCUT2D eigenvalue weighted by Crippen LogP contribution is -2.33. The minimum Gasteiger partial charge on any atom is -0.360 e. The Bertz CT molecular complexity index is 1040. The summed E-state index contributed by atoms with van der Waals surface area (Å²) < 4.78 is 14.6. The maximum atomic E-state index is 13.5. The molecule has 0 aliphatic heterocycles. The first kappa shape index (κ1) is 15.8. The summed E-state index contributed by atoms with van der Waals surface area (Å²) in [7, 11) is 0. The molecule has 0 radical (unpaired) electrons. The summed E-state index contributed by atoms with van der Waals surface area (Å²) in [5.74, 6) is -0.575. The monoisotopic (exact) mass is 353 g/mol. The van der Waals surface area contributed by atoms with E-state index in [1.807, 2.05) is 31.2 Å². The zero-order valence-electron chi connectivity index (χ0n) is 13.5. The van der Waals surface area contributed by atoms with E-state index in [1.165, 1.54) is 12.1 Å². The first-order valence-electron chi connectivity index (χ1n) is 8.02. The van der Waals surface area contributed by atoms with Crippen LogP contribution in [0.4, 0.5) is 4.39 Å². The van der Waals surface area contributed by atoms with E-state index in [2.05, 4.69) is 15.3 Å². The number of aromatic amines is 1. The largest absolute Gasteiger partial charge is 0.360 e. The van der Waals surface area contributed by atoms with Crippen molar-refractivity contribution < 1.29 is 9.18 Å². The topological polar surface area (TPSA) is 57.8 Å². The summed E-state index contributed by atoms with van der Waals surface area (Å²) in [5.41, 5.74) is 2.17. The molecule has 2 aromatic heterocycles. The van der Waals surface area contributed by atoms with Crippen LogP contribution in [0.5, 0.6) is 0 Å². The molecule has 126 valence electrons. The van der Waals surface area contributed by atoms with Crippen molar-refractivity contribution in [1.82, 2.24) is 15.3 Å². The van der Waals surface area contributed by atoms with Gasteiger partial charge < -0.3 is 10.3 Å². The van der Waals surface area contributed by atoms with E-state index >= 15 is 0 Å². The molecule has 0 aliphatic rings. The van der Waals surface area contributed by atoms with Crippen molar-refractivity contribution in [2.24, 2.45) is 0 Å². The number of nitrogens with one attached hydrogen (secondary N) is 2. The van der Waals surface area contributed by atoms with Gasteiger partial charge in [-0.3, -0.25) is 4.79 Å². The third kappa shape index (κ3) is 3.13. The molecule has 4 aromatic rings. The maximum Gasteiger partial charge on any atom is 0.253 e. The van der Waals surface area contributed by atoms with Crippen LogP contribution >= 0.6 is 11.3 Å². The van der Waals surface area contributed by atoms with Crippen molar-refractivity contribution in [1.29, 1.82) is 0 Å². The van der Waals surface area contributed by atoms with E-state index in [0.29, 0.717) is 17.4 Å². The Morgan fingerprint density at radius 1 is 1.32 bits per heavy atom. The van der Waals surface area contributed by atoms with Crippen LogP contribution in [0.2, 0.25) is 0 Å². The number of amides is 1. The molecule has 1 amide bonds. The molecule has 1 atom stereocenters. The van der Waals surface area contributed by atoms with Crippen LogP contribution in [0.25, 0.3) is 21.1 Å². The fraction of sp³-hybridized carbons (Fsp3) is 0.158. The number of hydrogen-bond acceptors (Lipinski definition) is 3. The molecule has 0 saturated heterocycles. The number of carbonyl (C=O) groups excluding carboxylic acids is 1. The van der Waals surface area contributed by atoms with Gasteiger partial charge in [-0.1, -0.05) is 12.1 Å². The van der Waals surface area contributed by atoms with E-state index in [9.17, 15) is 9.18 Å². The van der Waals surface area contributed by atoms with Gasteiger partial charge in [-0.05, 0) is 37.3 Å². The van der Waals surface area contributed by atoms with E-state index < -0.39 is 0 Å². The lowest BCUT2D eigenvalue weighted by atomic mass is 10.1. The Hall–Kier alpha value is -2.73. The normalized spacial score (nSPS) is 12.6. The summed E-state index contributed by atoms with van der Waals surface area (Å²) in [6.45, 7) is 1.94. The number of nitrogens with zero attached hydrogens (tertiary/aromatic N) is 1. The fourth-order valence-corrected chi connectivity index (χ4v) is 4.00. The Kier molecular flexibility index (Phi) is 3.97. The van der Waals surface area contributed by atoms with Crippen molar-refractivity contribution in [3.8, 4) is 0 Å². The quantitative estimate of drug-likeness (QED) is 0.575. The van der Waals surface area contributed by atoms with E-state index in [-0.39, 0.29) is 17.8 Å². The number of aromatic nitrogens is 2. The molecule has 0 spiro atoms. The maximum absolute atomic E-state index is 13.5. The number of fused-ring (bicyclic) bond motifs is 2. The van der Waals surface area contributed by atoms with Crippen LogP contribution in [0.15, 0.2) is 48.7 Å². The van der Waals surface area contributed by atoms with Gasteiger partial charge in [-0.2, -0.15) is 0 Å². The van der Waals surface area contributed by atoms with Gasteiger partial charge in [0, 0.05) is 29.6 Å². The average molecular weight is 353 g/mol. The number of halogens is 1. The lowest BCUT2D eigenvalue weighted by Gasteiger charge is -2.12. The minimum absolute atomic E-state index is 0.0772. The zero-order chi connectivity index (χ0) is 17.4. The zero-order valence-corrected chi connectivity index (χ0v) is 14.4. The highest BCUT2D eigenvalue weighted by molar-refractivity contribution is 7.18. The van der Waals surface area contributed by atoms with Crippen LogP contribution in [0.1, 0.15) is 22.3 Å². The van der Waals surface area contributed by atoms with Crippen molar-refractivity contribution in [2.45, 2.75) is 19.4 Å². The summed E-state index contributed by atoms with van der Waals surface area (Å²) in [5, 5.41) is 4.54. The average Bonchev–Trinajstić information content (AvgIpc) is 3.17. The van der Waals surface area contributed by atoms with Gasteiger partial charge in [0.1, 0.15) is 5.82 Å². The van der Waals surface area contributed by atoms with Crippen molar-refractivity contribution in [3.63, 3.8) is 0 Å². The first-order chi connectivity index (χ1) is 12.1. The van der Waals surface area contributed by atoms with E-state index in [1.54, 1.807) is 23.6 Å². The highest BCUT2D eigenvalue weighted by atomic mass is 32.1. The Morgan fingerprint density at radius 3 is 3.00 bits per heavy atom. The lowest BCUT2D eigenvalue weighted by molar-refractivity contribution is 0.0942. The van der Waals surface area contributed by atoms with Crippen molar-refractivity contribution >= 4 is 38.4 Å². The number of para-hydroxylation sites is 1. The van der Waals surface area contributed by atoms with Crippen LogP contribution < -0.4 is 5.32 Å². The number of carbonyl (C=O) groups is 1. The summed E-state index contributed by atoms with van der Waals surface area (Å²) >= 11 is 1.64. The van der Waals surface area contributed by atoms with Gasteiger partial charge in [-0.15, -0.1) is 11.3 Å². The molecule has 0 bridgehead atoms. The smallest absolute Gasteiger partial charge is 0.253 e. The molecule has 2 heterocycles. The van der Waals surface area contributed by atoms with Gasteiger partial charge in [0.15, 0.2) is 0 Å². The van der Waals surface area contributed by atoms with Crippen LogP contribution in [-0.4, -0.2) is 21.9 Å². The molecule has 0 saturated carbocycles. The molecule has 25 heavy (non-hydrogen) atoms. The second-order valence-corrected chi connectivity index (χ2v) is 7.16. The molecule has 0 fully saturated rings. The third-order valence-electron chi connectivity index (χ3n) is 4.08. The highest BCUT2D eigenvalue weighted by Crippen LogP contribution is 2.23. The third-order valence-corrected chi connectivity index (χ3v) is 5.14. The predicted octanol–water partition coefficient (Wildman–Crippen LogP) is 4.28. The standard InChI is InChI=1S/C19H16FN3OS/c1-11(8-18-23-16-4-2-3-5-17(16)25-18)22-19(24)14-10-21-15-7-6-12(20)9-13(14)15/h2-7,9-11,21H,8H2,1H3,(H,22,24)/t11-/m1/s1. The second-order valence-electron chi connectivity index (χ2n) is 6.05. The summed E-state index contributed by atoms with van der Waals surface area (Å²) in [4.78, 5) is 20.1. The molecule has 2 aromatic carbocycles. The number of rotatable bonds is 4. The molecular weight excluding hydrogens is 337 g/mol. The van der Waals surface area contributed by atoms with Crippen molar-refractivity contribution in [3.05, 3.63) is 65.0 Å². The minimum atomic E-state index is -0.358. The van der Waals surface area contributed by atoms with Gasteiger partial charge in [0.05, 0.1) is 20.8 Å². The van der Waals surface area contributed by atoms with Crippen LogP contribution in [0.3, 0.4) is 0 Å². The molecule has 2 N–H and O–H groups in total. The van der Waals surface area contributed by atoms with E-state index in [0.717, 1.165) is 20.7 Å². The number of benzene rings is 2. The summed E-state index contributed by atoms with van der Waals surface area (Å²) in [6.07, 6.45) is 2.27. The Labute approximate surface area is 147 Å². The summed E-state index contributed by atoms with van der Waals surface area (Å²) in [6, 6.07) is 12.3. The Morgan fingerprint density at radius 2 is 2.16 bits per heavy atom. The number of thiazole rings is 1. The highest BCUT2D eigenvalue weighted by Gasteiger charge is 2.16. The first-order valence-corrected chi connectivity index (χ1v) is 8.84. The van der Waals surface area contributed by atoms with Gasteiger partial charge in [0.25, 0.3) is 5.91 Å². The molecule has 4 nitrogen and oxygen atoms in total. The van der Waals surface area contributed by atoms with Crippen LogP contribution in [0, 0.1) is 5.82 Å². The molecule has 6 heteroatoms. The van der Waals surface area contributed by atoms with Crippen LogP contribution in [-0.2, 0) is 6.42 Å². The number of hydrogen-bond donors (Lipinski definition) is 2. The number of H-pyrrole nitrogens is 1. The van der Waals surface area contributed by atoms with Crippen molar-refractivity contribution in [2.75, 3.05) is 0 Å². The molecular formula is C19H16FN3OS. The van der Waals surface area contributed by atoms with E-state index in [4.69, 9.17) is 0 Å². The SMILES string of the molecule is C[C@H](Cc1nc2ccccc2s1)NC(=O)c1c[nH]c2ccc(F)cc12. The predicted molar refractivity (Wildman–Crippen MR) is 98.5 cm³/mol. The molecule has 0 unspecified atom stereocenters.